The van der Waals surface area contributed by atoms with E-state index in [0.29, 0.717) is 11.3 Å². The van der Waals surface area contributed by atoms with Gasteiger partial charge in [0.2, 0.25) is 5.76 Å². The summed E-state index contributed by atoms with van der Waals surface area (Å²) < 4.78 is 24.4. The number of hydrogen-bond donors (Lipinski definition) is 0. The summed E-state index contributed by atoms with van der Waals surface area (Å²) in [7, 11) is 1.23. The van der Waals surface area contributed by atoms with Gasteiger partial charge in [0.15, 0.2) is 0 Å². The second-order valence-electron chi connectivity index (χ2n) is 6.93. The van der Waals surface area contributed by atoms with Gasteiger partial charge >= 0.3 is 5.97 Å². The second-order valence-corrected chi connectivity index (χ2v) is 7.92. The van der Waals surface area contributed by atoms with Crippen LogP contribution in [0.2, 0.25) is 0 Å². The first-order chi connectivity index (χ1) is 14.5. The number of ether oxygens (including phenoxy) is 1. The van der Waals surface area contributed by atoms with Crippen molar-refractivity contribution in [3.8, 4) is 0 Å². The van der Waals surface area contributed by atoms with E-state index in [1.807, 2.05) is 4.90 Å². The zero-order valence-corrected chi connectivity index (χ0v) is 17.0. The molecule has 2 aliphatic heterocycles. The van der Waals surface area contributed by atoms with E-state index < -0.39 is 17.1 Å². The number of carbonyl (C=O) groups excluding carboxylic acids is 3. The Bertz CT molecular complexity index is 1040. The molecule has 2 saturated heterocycles. The summed E-state index contributed by atoms with van der Waals surface area (Å²) in [5.41, 5.74) is 1.06. The van der Waals surface area contributed by atoms with Crippen LogP contribution in [0, 0.1) is 5.82 Å². The molecule has 0 N–H and O–H groups in total. The third kappa shape index (κ3) is 3.97. The molecule has 1 aromatic heterocycles. The number of imide groups is 1. The smallest absolute Gasteiger partial charge is 0.373 e. The van der Waals surface area contributed by atoms with Crippen molar-refractivity contribution in [2.45, 2.75) is 19.4 Å². The molecule has 0 saturated carbocycles. The lowest BCUT2D eigenvalue weighted by molar-refractivity contribution is -0.123. The molecular weight excluding hydrogens is 411 g/mol. The fourth-order valence-electron chi connectivity index (χ4n) is 3.44. The van der Waals surface area contributed by atoms with Crippen LogP contribution < -0.4 is 4.90 Å². The minimum Gasteiger partial charge on any atom is -0.463 e. The van der Waals surface area contributed by atoms with Gasteiger partial charge in [-0.2, -0.15) is 0 Å². The van der Waals surface area contributed by atoms with Crippen LogP contribution in [0.15, 0.2) is 39.7 Å². The van der Waals surface area contributed by atoms with Gasteiger partial charge in [-0.3, -0.25) is 14.5 Å². The van der Waals surface area contributed by atoms with Crippen molar-refractivity contribution >= 4 is 40.6 Å². The number of anilines is 1. The molecule has 2 aromatic rings. The maximum Gasteiger partial charge on any atom is 0.373 e. The van der Waals surface area contributed by atoms with Crippen molar-refractivity contribution in [1.82, 2.24) is 4.90 Å². The fourth-order valence-corrected chi connectivity index (χ4v) is 4.28. The minimum atomic E-state index is -0.644. The zero-order chi connectivity index (χ0) is 21.3. The molecule has 2 aliphatic rings. The second kappa shape index (κ2) is 8.35. The number of methoxy groups -OCH3 is 1. The van der Waals surface area contributed by atoms with Gasteiger partial charge < -0.3 is 14.1 Å². The first-order valence-electron chi connectivity index (χ1n) is 9.43. The standard InChI is InChI=1S/C21H19FN2O5S/c1-28-20(26)17-7-5-14(29-17)12-24-19(25)18(30-21(24)27)11-13-4-6-16(15(22)10-13)23-8-2-3-9-23/h4-7,10-11H,2-3,8-9,12H2,1H3/b18-11+. The van der Waals surface area contributed by atoms with Gasteiger partial charge in [0.05, 0.1) is 24.2 Å². The maximum absolute atomic E-state index is 14.5. The van der Waals surface area contributed by atoms with Crippen LogP contribution in [0.25, 0.3) is 6.08 Å². The van der Waals surface area contributed by atoms with Crippen molar-refractivity contribution < 1.29 is 27.9 Å². The predicted octanol–water partition coefficient (Wildman–Crippen LogP) is 4.04. The molecule has 156 valence electrons. The average Bonchev–Trinajstić information content (AvgIpc) is 3.47. The summed E-state index contributed by atoms with van der Waals surface area (Å²) in [6.07, 6.45) is 3.60. The number of amides is 2. The summed E-state index contributed by atoms with van der Waals surface area (Å²) in [6, 6.07) is 7.73. The van der Waals surface area contributed by atoms with Gasteiger partial charge in [-0.1, -0.05) is 6.07 Å². The molecule has 2 fully saturated rings. The highest BCUT2D eigenvalue weighted by Gasteiger charge is 2.35. The molecule has 7 nitrogen and oxygen atoms in total. The topological polar surface area (TPSA) is 80.1 Å². The van der Waals surface area contributed by atoms with E-state index in [4.69, 9.17) is 4.42 Å². The Hall–Kier alpha value is -3.07. The summed E-state index contributed by atoms with van der Waals surface area (Å²) >= 11 is 0.781. The first kappa shape index (κ1) is 20.2. The Balaban J connectivity index is 1.49. The quantitative estimate of drug-likeness (QED) is 0.523. The van der Waals surface area contributed by atoms with Crippen LogP contribution in [-0.4, -0.2) is 42.2 Å². The van der Waals surface area contributed by atoms with E-state index in [1.54, 1.807) is 12.1 Å². The highest BCUT2D eigenvalue weighted by molar-refractivity contribution is 8.18. The van der Waals surface area contributed by atoms with E-state index in [0.717, 1.165) is 42.6 Å². The molecule has 0 radical (unpaired) electrons. The van der Waals surface area contributed by atoms with Crippen molar-refractivity contribution in [3.63, 3.8) is 0 Å². The van der Waals surface area contributed by atoms with Gasteiger partial charge in [-0.05, 0) is 60.5 Å². The first-order valence-corrected chi connectivity index (χ1v) is 10.2. The van der Waals surface area contributed by atoms with Crippen LogP contribution in [0.4, 0.5) is 14.9 Å². The molecule has 0 spiro atoms. The lowest BCUT2D eigenvalue weighted by Crippen LogP contribution is -2.27. The van der Waals surface area contributed by atoms with Crippen LogP contribution in [-0.2, 0) is 16.1 Å². The van der Waals surface area contributed by atoms with E-state index >= 15 is 0 Å². The summed E-state index contributed by atoms with van der Waals surface area (Å²) in [4.78, 5) is 39.7. The molecule has 0 atom stereocenters. The number of esters is 1. The number of carbonyl (C=O) groups is 3. The van der Waals surface area contributed by atoms with Crippen LogP contribution in [0.3, 0.4) is 0 Å². The maximum atomic E-state index is 14.5. The molecular formula is C21H19FN2O5S. The molecule has 2 amide bonds. The van der Waals surface area contributed by atoms with Crippen molar-refractivity contribution in [2.24, 2.45) is 0 Å². The Morgan fingerprint density at radius 1 is 1.23 bits per heavy atom. The van der Waals surface area contributed by atoms with Crippen molar-refractivity contribution in [3.05, 3.63) is 58.1 Å². The largest absolute Gasteiger partial charge is 0.463 e. The van der Waals surface area contributed by atoms with E-state index in [1.165, 1.54) is 31.4 Å². The lowest BCUT2D eigenvalue weighted by atomic mass is 10.1. The number of halogens is 1. The van der Waals surface area contributed by atoms with Crippen molar-refractivity contribution in [2.75, 3.05) is 25.1 Å². The Kier molecular flexibility index (Phi) is 5.63. The third-order valence-corrected chi connectivity index (χ3v) is 5.86. The molecule has 3 heterocycles. The molecule has 0 unspecified atom stereocenters. The Labute approximate surface area is 176 Å². The zero-order valence-electron chi connectivity index (χ0n) is 16.2. The van der Waals surface area contributed by atoms with Crippen LogP contribution >= 0.6 is 11.8 Å². The summed E-state index contributed by atoms with van der Waals surface area (Å²) in [5.74, 6) is -1.22. The number of nitrogens with zero attached hydrogens (tertiary/aromatic N) is 2. The molecule has 0 aliphatic carbocycles. The van der Waals surface area contributed by atoms with Gasteiger partial charge in [0.1, 0.15) is 11.6 Å². The molecule has 30 heavy (non-hydrogen) atoms. The van der Waals surface area contributed by atoms with Crippen molar-refractivity contribution in [1.29, 1.82) is 0 Å². The molecule has 1 aromatic carbocycles. The van der Waals surface area contributed by atoms with Gasteiger partial charge in [0.25, 0.3) is 11.1 Å². The van der Waals surface area contributed by atoms with Crippen LogP contribution in [0.5, 0.6) is 0 Å². The number of hydrogen-bond acceptors (Lipinski definition) is 7. The SMILES string of the molecule is COC(=O)c1ccc(CN2C(=O)S/C(=C/c3ccc(N4CCCC4)c(F)c3)C2=O)o1. The average molecular weight is 430 g/mol. The van der Waals surface area contributed by atoms with Gasteiger partial charge in [-0.15, -0.1) is 0 Å². The van der Waals surface area contributed by atoms with E-state index in [2.05, 4.69) is 4.74 Å². The lowest BCUT2D eigenvalue weighted by Gasteiger charge is -2.18. The van der Waals surface area contributed by atoms with Crippen LogP contribution in [0.1, 0.15) is 34.7 Å². The van der Waals surface area contributed by atoms with Gasteiger partial charge in [0, 0.05) is 13.1 Å². The highest BCUT2D eigenvalue weighted by Crippen LogP contribution is 2.34. The fraction of sp³-hybridized carbons (Fsp3) is 0.286. The molecule has 9 heteroatoms. The molecule has 4 rings (SSSR count). The van der Waals surface area contributed by atoms with E-state index in [9.17, 15) is 18.8 Å². The molecule has 0 bridgehead atoms. The number of thioether (sulfide) groups is 1. The minimum absolute atomic E-state index is 0.0106. The normalized spacial score (nSPS) is 18.0. The number of benzene rings is 1. The number of furan rings is 1. The highest BCUT2D eigenvalue weighted by atomic mass is 32.2. The predicted molar refractivity (Wildman–Crippen MR) is 109 cm³/mol. The monoisotopic (exact) mass is 430 g/mol. The number of rotatable bonds is 5. The summed E-state index contributed by atoms with van der Waals surface area (Å²) in [5, 5.41) is -0.462. The Morgan fingerprint density at radius 2 is 2.00 bits per heavy atom. The third-order valence-electron chi connectivity index (χ3n) is 4.95. The van der Waals surface area contributed by atoms with Gasteiger partial charge in [-0.25, -0.2) is 9.18 Å². The van der Waals surface area contributed by atoms with E-state index in [-0.39, 0.29) is 28.8 Å². The Morgan fingerprint density at radius 3 is 2.70 bits per heavy atom. The summed E-state index contributed by atoms with van der Waals surface area (Å²) in [6.45, 7) is 1.56.